The van der Waals surface area contributed by atoms with E-state index in [4.69, 9.17) is 22.9 Å². The molecule has 3 aromatic rings. The predicted molar refractivity (Wildman–Crippen MR) is 142 cm³/mol. The normalized spacial score (nSPS) is 13.7. The van der Waals surface area contributed by atoms with Gasteiger partial charge in [0.05, 0.1) is 19.7 Å². The first-order valence-corrected chi connectivity index (χ1v) is 12.2. The Bertz CT molecular complexity index is 1490. The van der Waals surface area contributed by atoms with Gasteiger partial charge in [0.1, 0.15) is 5.60 Å². The van der Waals surface area contributed by atoms with Crippen LogP contribution < -0.4 is 10.5 Å². The average Bonchev–Trinajstić information content (AvgIpc) is 3.22. The lowest BCUT2D eigenvalue weighted by Gasteiger charge is -2.36. The molecule has 0 unspecified atom stereocenters. The van der Waals surface area contributed by atoms with E-state index in [1.807, 2.05) is 31.7 Å². The van der Waals surface area contributed by atoms with E-state index >= 15 is 0 Å². The number of piperazine rings is 1. The van der Waals surface area contributed by atoms with Gasteiger partial charge in [-0.2, -0.15) is 9.97 Å². The highest BCUT2D eigenvalue weighted by Gasteiger charge is 2.29. The highest BCUT2D eigenvalue weighted by atomic mass is 35.5. The van der Waals surface area contributed by atoms with Crippen LogP contribution in [0.25, 0.3) is 16.0 Å². The number of halogens is 1. The maximum Gasteiger partial charge on any atom is 0.410 e. The summed E-state index contributed by atoms with van der Waals surface area (Å²) < 4.78 is 8.62. The van der Waals surface area contributed by atoms with Crippen LogP contribution in [0, 0.1) is 18.4 Å². The lowest BCUT2D eigenvalue weighted by Crippen LogP contribution is -2.50. The van der Waals surface area contributed by atoms with Crippen LogP contribution in [0.2, 0.25) is 5.28 Å². The molecule has 0 aliphatic carbocycles. The van der Waals surface area contributed by atoms with Crippen molar-refractivity contribution >= 4 is 40.5 Å². The van der Waals surface area contributed by atoms with Crippen LogP contribution in [0.15, 0.2) is 29.1 Å². The molecular formula is C26H28ClN7O3. The van der Waals surface area contributed by atoms with Gasteiger partial charge in [-0.1, -0.05) is 30.2 Å². The summed E-state index contributed by atoms with van der Waals surface area (Å²) in [5.41, 5.74) is 0.876. The molecule has 0 N–H and O–H groups in total. The van der Waals surface area contributed by atoms with Gasteiger partial charge in [0.25, 0.3) is 5.56 Å². The number of carbonyl (C=O) groups is 1. The molecule has 0 spiro atoms. The molecule has 0 atom stereocenters. The molecule has 0 saturated carbocycles. The first-order chi connectivity index (χ1) is 17.6. The Kier molecular flexibility index (Phi) is 7.42. The molecule has 192 valence electrons. The average molecular weight is 522 g/mol. The van der Waals surface area contributed by atoms with Gasteiger partial charge >= 0.3 is 6.09 Å². The molecule has 1 saturated heterocycles. The van der Waals surface area contributed by atoms with Crippen molar-refractivity contribution in [3.05, 3.63) is 56.9 Å². The molecule has 0 bridgehead atoms. The third-order valence-corrected chi connectivity index (χ3v) is 6.09. The van der Waals surface area contributed by atoms with E-state index in [1.165, 1.54) is 4.57 Å². The van der Waals surface area contributed by atoms with Crippen molar-refractivity contribution in [3.63, 3.8) is 0 Å². The van der Waals surface area contributed by atoms with Crippen molar-refractivity contribution in [1.29, 1.82) is 0 Å². The van der Waals surface area contributed by atoms with Gasteiger partial charge in [-0.3, -0.25) is 13.9 Å². The van der Waals surface area contributed by atoms with Crippen LogP contribution in [-0.2, 0) is 17.8 Å². The van der Waals surface area contributed by atoms with Crippen molar-refractivity contribution in [2.75, 3.05) is 31.1 Å². The number of anilines is 1. The number of nitrogens with zero attached hydrogens (tertiary/aromatic N) is 7. The molecule has 0 radical (unpaired) electrons. The van der Waals surface area contributed by atoms with Crippen molar-refractivity contribution in [2.24, 2.45) is 0 Å². The first-order valence-electron chi connectivity index (χ1n) is 11.9. The Morgan fingerprint density at radius 2 is 1.92 bits per heavy atom. The zero-order chi connectivity index (χ0) is 26.7. The van der Waals surface area contributed by atoms with Crippen LogP contribution in [0.4, 0.5) is 16.4 Å². The van der Waals surface area contributed by atoms with Gasteiger partial charge in [-0.05, 0) is 44.9 Å². The molecule has 1 aliphatic heterocycles. The third kappa shape index (κ3) is 5.71. The summed E-state index contributed by atoms with van der Waals surface area (Å²) in [5.74, 6) is 6.44. The Balaban J connectivity index is 1.68. The van der Waals surface area contributed by atoms with Gasteiger partial charge in [0.2, 0.25) is 11.2 Å². The van der Waals surface area contributed by atoms with E-state index in [1.54, 1.807) is 34.6 Å². The summed E-state index contributed by atoms with van der Waals surface area (Å²) in [5, 5.41) is 0.0123. The van der Waals surface area contributed by atoms with E-state index in [-0.39, 0.29) is 35.7 Å². The largest absolute Gasteiger partial charge is 0.444 e. The van der Waals surface area contributed by atoms with Gasteiger partial charge < -0.3 is 14.5 Å². The Morgan fingerprint density at radius 3 is 2.57 bits per heavy atom. The molecular weight excluding hydrogens is 494 g/mol. The van der Waals surface area contributed by atoms with E-state index in [0.29, 0.717) is 43.3 Å². The SMILES string of the molecule is [C-]#[N+]c1cccc(Cn2c(Cl)nc3nc(N4CCN(C(=O)OC(C)(C)C)CC4)n(CC#CC)c3c2=O)c1. The number of benzene rings is 1. The zero-order valence-electron chi connectivity index (χ0n) is 21.3. The van der Waals surface area contributed by atoms with Crippen molar-refractivity contribution in [2.45, 2.75) is 46.4 Å². The molecule has 1 amide bonds. The predicted octanol–water partition coefficient (Wildman–Crippen LogP) is 3.93. The van der Waals surface area contributed by atoms with Gasteiger partial charge in [0, 0.05) is 26.2 Å². The molecule has 3 heterocycles. The number of rotatable bonds is 4. The Hall–Kier alpha value is -4.02. The molecule has 37 heavy (non-hydrogen) atoms. The fourth-order valence-electron chi connectivity index (χ4n) is 4.09. The minimum absolute atomic E-state index is 0.0123. The van der Waals surface area contributed by atoms with Crippen molar-refractivity contribution in [3.8, 4) is 11.8 Å². The molecule has 1 aromatic carbocycles. The summed E-state index contributed by atoms with van der Waals surface area (Å²) in [4.78, 5) is 42.3. The second kappa shape index (κ2) is 10.5. The minimum Gasteiger partial charge on any atom is -0.444 e. The fraction of sp³-hybridized carbons (Fsp3) is 0.423. The highest BCUT2D eigenvalue weighted by molar-refractivity contribution is 6.28. The number of aromatic nitrogens is 4. The summed E-state index contributed by atoms with van der Waals surface area (Å²) in [6, 6.07) is 7.02. The van der Waals surface area contributed by atoms with Crippen molar-refractivity contribution < 1.29 is 9.53 Å². The number of ether oxygens (including phenoxy) is 1. The third-order valence-electron chi connectivity index (χ3n) is 5.81. The van der Waals surface area contributed by atoms with Gasteiger partial charge in [-0.15, -0.1) is 5.92 Å². The smallest absolute Gasteiger partial charge is 0.410 e. The summed E-state index contributed by atoms with van der Waals surface area (Å²) in [6.07, 6.45) is -0.351. The first kappa shape index (κ1) is 26.1. The number of amides is 1. The zero-order valence-corrected chi connectivity index (χ0v) is 22.0. The van der Waals surface area contributed by atoms with E-state index in [2.05, 4.69) is 26.7 Å². The molecule has 1 fully saturated rings. The van der Waals surface area contributed by atoms with Crippen LogP contribution in [0.3, 0.4) is 0 Å². The van der Waals surface area contributed by atoms with Crippen LogP contribution >= 0.6 is 11.6 Å². The lowest BCUT2D eigenvalue weighted by molar-refractivity contribution is 0.0240. The van der Waals surface area contributed by atoms with Crippen LogP contribution in [0.1, 0.15) is 33.3 Å². The fourth-order valence-corrected chi connectivity index (χ4v) is 4.30. The summed E-state index contributed by atoms with van der Waals surface area (Å²) >= 11 is 6.43. The van der Waals surface area contributed by atoms with Crippen LogP contribution in [0.5, 0.6) is 0 Å². The molecule has 4 rings (SSSR count). The second-order valence-corrected chi connectivity index (χ2v) is 9.94. The van der Waals surface area contributed by atoms with E-state index in [9.17, 15) is 9.59 Å². The monoisotopic (exact) mass is 521 g/mol. The van der Waals surface area contributed by atoms with E-state index < -0.39 is 5.60 Å². The number of hydrogen-bond donors (Lipinski definition) is 0. The standard InChI is InChI=1S/C26H28ClN7O3/c1-6-7-11-33-20-21(29-23(27)34(22(20)35)17-18-9-8-10-19(16-18)28-5)30-24(33)31-12-14-32(15-13-31)25(36)37-26(2,3)4/h8-10,16H,11-15,17H2,1-4H3. The molecule has 11 heteroatoms. The Labute approximate surface area is 220 Å². The number of fused-ring (bicyclic) bond motifs is 1. The maximum atomic E-state index is 13.6. The quantitative estimate of drug-likeness (QED) is 0.293. The summed E-state index contributed by atoms with van der Waals surface area (Å²) in [6.45, 7) is 16.8. The number of hydrogen-bond acceptors (Lipinski definition) is 6. The van der Waals surface area contributed by atoms with Gasteiger partial charge in [0.15, 0.2) is 16.9 Å². The van der Waals surface area contributed by atoms with Gasteiger partial charge in [-0.25, -0.2) is 9.64 Å². The lowest BCUT2D eigenvalue weighted by atomic mass is 10.2. The molecule has 10 nitrogen and oxygen atoms in total. The Morgan fingerprint density at radius 1 is 1.19 bits per heavy atom. The second-order valence-electron chi connectivity index (χ2n) is 9.61. The van der Waals surface area contributed by atoms with E-state index in [0.717, 1.165) is 5.56 Å². The summed E-state index contributed by atoms with van der Waals surface area (Å²) in [7, 11) is 0. The highest BCUT2D eigenvalue weighted by Crippen LogP contribution is 2.23. The number of carbonyl (C=O) groups excluding carboxylic acids is 1. The topological polar surface area (TPSA) is 89.8 Å². The molecule has 1 aliphatic rings. The molecule has 2 aromatic heterocycles. The van der Waals surface area contributed by atoms with Crippen LogP contribution in [-0.4, -0.2) is 61.9 Å². The van der Waals surface area contributed by atoms with Crippen molar-refractivity contribution in [1.82, 2.24) is 24.0 Å². The maximum absolute atomic E-state index is 13.6. The minimum atomic E-state index is -0.566. The number of imidazole rings is 1.